The Balaban J connectivity index is 1.79. The molecule has 27 heavy (non-hydrogen) atoms. The Morgan fingerprint density at radius 3 is 2.52 bits per heavy atom. The highest BCUT2D eigenvalue weighted by atomic mass is 16.3. The van der Waals surface area contributed by atoms with Crippen LogP contribution in [-0.2, 0) is 17.8 Å². The summed E-state index contributed by atoms with van der Waals surface area (Å²) in [4.78, 5) is 28.8. The first kappa shape index (κ1) is 18.9. The lowest BCUT2D eigenvalue weighted by Gasteiger charge is -2.41. The number of nitrogens with zero attached hydrogens (tertiary/aromatic N) is 2. The Labute approximate surface area is 159 Å². The van der Waals surface area contributed by atoms with Crippen molar-refractivity contribution in [1.29, 1.82) is 0 Å². The van der Waals surface area contributed by atoms with E-state index in [0.717, 1.165) is 5.56 Å². The van der Waals surface area contributed by atoms with Crippen molar-refractivity contribution in [2.24, 2.45) is 0 Å². The first-order chi connectivity index (χ1) is 13.1. The maximum Gasteiger partial charge on any atom is 0.253 e. The monoisotopic (exact) mass is 364 g/mol. The summed E-state index contributed by atoms with van der Waals surface area (Å²) in [6.45, 7) is 4.93. The molecule has 0 bridgehead atoms. The molecule has 2 aromatic rings. The number of amides is 2. The van der Waals surface area contributed by atoms with Gasteiger partial charge < -0.3 is 14.9 Å². The number of carbonyl (C=O) groups excluding carboxylic acids is 2. The van der Waals surface area contributed by atoms with E-state index in [0.29, 0.717) is 37.2 Å². The molecule has 1 saturated heterocycles. The molecule has 140 valence electrons. The van der Waals surface area contributed by atoms with Gasteiger partial charge in [-0.1, -0.05) is 49.0 Å². The summed E-state index contributed by atoms with van der Waals surface area (Å²) in [6, 6.07) is 16.9. The predicted octanol–water partition coefficient (Wildman–Crippen LogP) is 2.26. The number of hydrogen-bond acceptors (Lipinski definition) is 3. The van der Waals surface area contributed by atoms with Crippen LogP contribution >= 0.6 is 0 Å². The molecule has 0 aliphatic carbocycles. The third kappa shape index (κ3) is 4.44. The molecule has 0 saturated carbocycles. The number of aliphatic hydroxyl groups is 1. The van der Waals surface area contributed by atoms with Crippen molar-refractivity contribution in [1.82, 2.24) is 9.80 Å². The highest BCUT2D eigenvalue weighted by Gasteiger charge is 2.32. The normalized spacial score (nSPS) is 16.9. The smallest absolute Gasteiger partial charge is 0.253 e. The lowest BCUT2D eigenvalue weighted by Crippen LogP contribution is -2.57. The van der Waals surface area contributed by atoms with Gasteiger partial charge in [0.15, 0.2) is 0 Å². The molecule has 0 unspecified atom stereocenters. The zero-order valence-corrected chi connectivity index (χ0v) is 15.3. The Hall–Kier alpha value is -2.92. The molecule has 1 atom stereocenters. The van der Waals surface area contributed by atoms with Crippen molar-refractivity contribution in [2.75, 3.05) is 19.6 Å². The summed E-state index contributed by atoms with van der Waals surface area (Å²) in [7, 11) is 0. The van der Waals surface area contributed by atoms with Gasteiger partial charge in [-0.2, -0.15) is 0 Å². The molecular formula is C22H24N2O3. The third-order valence-electron chi connectivity index (χ3n) is 4.90. The van der Waals surface area contributed by atoms with Crippen LogP contribution < -0.4 is 0 Å². The van der Waals surface area contributed by atoms with Crippen molar-refractivity contribution in [3.8, 4) is 0 Å². The Bertz CT molecular complexity index is 819. The average Bonchev–Trinajstić information content (AvgIpc) is 2.73. The minimum atomic E-state index is -0.106. The van der Waals surface area contributed by atoms with Gasteiger partial charge in [0.1, 0.15) is 0 Å². The van der Waals surface area contributed by atoms with Gasteiger partial charge >= 0.3 is 0 Å². The molecular weight excluding hydrogens is 340 g/mol. The fraction of sp³-hybridized carbons (Fsp3) is 0.273. The molecule has 1 fully saturated rings. The fourth-order valence-electron chi connectivity index (χ4n) is 3.49. The number of rotatable bonds is 5. The van der Waals surface area contributed by atoms with Crippen LogP contribution in [0.4, 0.5) is 0 Å². The van der Waals surface area contributed by atoms with Gasteiger partial charge in [0.2, 0.25) is 5.91 Å². The Kier molecular flexibility index (Phi) is 6.04. The lowest BCUT2D eigenvalue weighted by atomic mass is 10.0. The van der Waals surface area contributed by atoms with Crippen LogP contribution in [-0.4, -0.2) is 52.4 Å². The summed E-state index contributed by atoms with van der Waals surface area (Å²) >= 11 is 0. The van der Waals surface area contributed by atoms with Crippen molar-refractivity contribution in [3.05, 3.63) is 83.9 Å². The van der Waals surface area contributed by atoms with Crippen LogP contribution in [0.2, 0.25) is 0 Å². The standard InChI is InChI=1S/C22H24N2O3/c1-2-21(26)24-12-11-23(15-20(24)14-17-7-4-3-5-8-17)22(27)19-10-6-9-18(13-19)16-25/h2-10,13,20,25H,1,11-12,14-16H2/t20-/m0/s1. The molecule has 5 heteroatoms. The van der Waals surface area contributed by atoms with Crippen LogP contribution in [0.15, 0.2) is 67.3 Å². The van der Waals surface area contributed by atoms with E-state index >= 15 is 0 Å². The minimum Gasteiger partial charge on any atom is -0.392 e. The molecule has 1 aliphatic rings. The van der Waals surface area contributed by atoms with Crippen LogP contribution in [0.3, 0.4) is 0 Å². The Morgan fingerprint density at radius 1 is 1.07 bits per heavy atom. The van der Waals surface area contributed by atoms with Gasteiger partial charge in [-0.3, -0.25) is 9.59 Å². The highest BCUT2D eigenvalue weighted by molar-refractivity contribution is 5.95. The lowest BCUT2D eigenvalue weighted by molar-refractivity contribution is -0.130. The highest BCUT2D eigenvalue weighted by Crippen LogP contribution is 2.18. The van der Waals surface area contributed by atoms with E-state index in [1.165, 1.54) is 6.08 Å². The van der Waals surface area contributed by atoms with E-state index in [1.54, 1.807) is 34.1 Å². The molecule has 2 amide bonds. The maximum absolute atomic E-state index is 12.9. The molecule has 0 radical (unpaired) electrons. The molecule has 0 spiro atoms. The van der Waals surface area contributed by atoms with Crippen LogP contribution in [0.25, 0.3) is 0 Å². The Morgan fingerprint density at radius 2 is 1.81 bits per heavy atom. The number of benzene rings is 2. The fourth-order valence-corrected chi connectivity index (χ4v) is 3.49. The van der Waals surface area contributed by atoms with Crippen molar-refractivity contribution in [3.63, 3.8) is 0 Å². The van der Waals surface area contributed by atoms with Gasteiger partial charge in [0, 0.05) is 25.2 Å². The maximum atomic E-state index is 12.9. The van der Waals surface area contributed by atoms with Gasteiger partial charge in [0.25, 0.3) is 5.91 Å². The molecule has 1 N–H and O–H groups in total. The molecule has 2 aromatic carbocycles. The van der Waals surface area contributed by atoms with E-state index < -0.39 is 0 Å². The zero-order chi connectivity index (χ0) is 19.2. The van der Waals surface area contributed by atoms with Gasteiger partial charge in [0.05, 0.1) is 12.6 Å². The van der Waals surface area contributed by atoms with Crippen molar-refractivity contribution >= 4 is 11.8 Å². The topological polar surface area (TPSA) is 60.9 Å². The summed E-state index contributed by atoms with van der Waals surface area (Å²) in [5.41, 5.74) is 2.40. The number of carbonyl (C=O) groups is 2. The van der Waals surface area contributed by atoms with Crippen LogP contribution in [0.1, 0.15) is 21.5 Å². The number of aliphatic hydroxyl groups excluding tert-OH is 1. The average molecular weight is 364 g/mol. The molecule has 0 aromatic heterocycles. The minimum absolute atomic E-state index is 0.0749. The molecule has 3 rings (SSSR count). The number of piperazine rings is 1. The largest absolute Gasteiger partial charge is 0.392 e. The van der Waals surface area contributed by atoms with Crippen molar-refractivity contribution < 1.29 is 14.7 Å². The summed E-state index contributed by atoms with van der Waals surface area (Å²) in [6.07, 6.45) is 2.01. The van der Waals surface area contributed by atoms with Gasteiger partial charge in [-0.15, -0.1) is 0 Å². The molecule has 1 heterocycles. The van der Waals surface area contributed by atoms with E-state index in [4.69, 9.17) is 0 Å². The van der Waals surface area contributed by atoms with Crippen LogP contribution in [0.5, 0.6) is 0 Å². The van der Waals surface area contributed by atoms with E-state index in [-0.39, 0.29) is 24.5 Å². The SMILES string of the molecule is C=CC(=O)N1CCN(C(=O)c2cccc(CO)c2)C[C@@H]1Cc1ccccc1. The number of hydrogen-bond donors (Lipinski definition) is 1. The van der Waals surface area contributed by atoms with Gasteiger partial charge in [-0.25, -0.2) is 0 Å². The molecule has 1 aliphatic heterocycles. The van der Waals surface area contributed by atoms with Gasteiger partial charge in [-0.05, 0) is 35.8 Å². The van der Waals surface area contributed by atoms with E-state index in [9.17, 15) is 14.7 Å². The molecule has 5 nitrogen and oxygen atoms in total. The van der Waals surface area contributed by atoms with E-state index in [2.05, 4.69) is 6.58 Å². The van der Waals surface area contributed by atoms with Crippen LogP contribution in [0, 0.1) is 0 Å². The zero-order valence-electron chi connectivity index (χ0n) is 15.3. The summed E-state index contributed by atoms with van der Waals surface area (Å²) in [5, 5.41) is 9.30. The second kappa shape index (κ2) is 8.64. The van der Waals surface area contributed by atoms with E-state index in [1.807, 2.05) is 30.3 Å². The second-order valence-electron chi connectivity index (χ2n) is 6.69. The second-order valence-corrected chi connectivity index (χ2v) is 6.69. The summed E-state index contributed by atoms with van der Waals surface area (Å²) in [5.74, 6) is -0.181. The first-order valence-corrected chi connectivity index (χ1v) is 9.08. The quantitative estimate of drug-likeness (QED) is 0.828. The summed E-state index contributed by atoms with van der Waals surface area (Å²) < 4.78 is 0. The first-order valence-electron chi connectivity index (χ1n) is 9.08. The van der Waals surface area contributed by atoms with Crippen molar-refractivity contribution in [2.45, 2.75) is 19.1 Å². The predicted molar refractivity (Wildman–Crippen MR) is 104 cm³/mol. The third-order valence-corrected chi connectivity index (χ3v) is 4.90.